The Balaban J connectivity index is 1.54. The third-order valence-corrected chi connectivity index (χ3v) is 5.20. The number of aromatic amines is 1. The van der Waals surface area contributed by atoms with Gasteiger partial charge in [0.1, 0.15) is 17.0 Å². The number of nitrogens with one attached hydrogen (secondary N) is 1. The Labute approximate surface area is 152 Å². The Morgan fingerprint density at radius 1 is 1.27 bits per heavy atom. The highest BCUT2D eigenvalue weighted by molar-refractivity contribution is 5.93. The van der Waals surface area contributed by atoms with Crippen LogP contribution in [-0.4, -0.2) is 43.8 Å². The van der Waals surface area contributed by atoms with Gasteiger partial charge in [0.25, 0.3) is 5.91 Å². The summed E-state index contributed by atoms with van der Waals surface area (Å²) in [6, 6.07) is 13.5. The van der Waals surface area contributed by atoms with Crippen molar-refractivity contribution in [2.75, 3.05) is 13.1 Å². The minimum atomic E-state index is -0.998. The Hall–Kier alpha value is -2.86. The van der Waals surface area contributed by atoms with Crippen molar-refractivity contribution in [3.05, 3.63) is 65.5 Å². The molecule has 26 heavy (non-hydrogen) atoms. The third kappa shape index (κ3) is 2.72. The van der Waals surface area contributed by atoms with Gasteiger partial charge in [0.2, 0.25) is 0 Å². The number of hydrogen-bond donors (Lipinski definition) is 2. The second kappa shape index (κ2) is 6.14. The van der Waals surface area contributed by atoms with E-state index in [1.54, 1.807) is 11.0 Å². The second-order valence-corrected chi connectivity index (χ2v) is 6.99. The van der Waals surface area contributed by atoms with Gasteiger partial charge in [-0.15, -0.1) is 0 Å². The summed E-state index contributed by atoms with van der Waals surface area (Å²) in [7, 11) is 1.94. The molecule has 4 rings (SSSR count). The fraction of sp³-hybridized carbons (Fsp3) is 0.300. The summed E-state index contributed by atoms with van der Waals surface area (Å²) in [5.74, 6) is -0.137. The Morgan fingerprint density at radius 2 is 2.08 bits per heavy atom. The summed E-state index contributed by atoms with van der Waals surface area (Å²) in [4.78, 5) is 14.5. The number of aryl methyl sites for hydroxylation is 2. The van der Waals surface area contributed by atoms with Gasteiger partial charge < -0.3 is 14.6 Å². The average Bonchev–Trinajstić information content (AvgIpc) is 3.34. The Kier molecular flexibility index (Phi) is 3.92. The van der Waals surface area contributed by atoms with Crippen molar-refractivity contribution in [1.82, 2.24) is 19.7 Å². The van der Waals surface area contributed by atoms with E-state index in [1.165, 1.54) is 0 Å². The third-order valence-electron chi connectivity index (χ3n) is 5.20. The molecular formula is C20H22N4O2. The molecule has 1 aromatic carbocycles. The molecule has 0 aliphatic carbocycles. The van der Waals surface area contributed by atoms with E-state index < -0.39 is 5.60 Å². The van der Waals surface area contributed by atoms with Gasteiger partial charge in [0.15, 0.2) is 0 Å². The molecule has 1 aliphatic rings. The van der Waals surface area contributed by atoms with Crippen molar-refractivity contribution in [2.45, 2.75) is 18.9 Å². The lowest BCUT2D eigenvalue weighted by Gasteiger charge is -2.25. The monoisotopic (exact) mass is 350 g/mol. The predicted molar refractivity (Wildman–Crippen MR) is 98.6 cm³/mol. The topological polar surface area (TPSA) is 74.2 Å². The maximum Gasteiger partial charge on any atom is 0.271 e. The quantitative estimate of drug-likeness (QED) is 0.762. The van der Waals surface area contributed by atoms with Crippen LogP contribution in [0.2, 0.25) is 0 Å². The lowest BCUT2D eigenvalue weighted by Crippen LogP contribution is -2.35. The molecule has 2 aromatic heterocycles. The van der Waals surface area contributed by atoms with Crippen LogP contribution in [0.1, 0.15) is 28.0 Å². The van der Waals surface area contributed by atoms with E-state index >= 15 is 0 Å². The zero-order chi connectivity index (χ0) is 18.3. The lowest BCUT2D eigenvalue weighted by atomic mass is 9.89. The second-order valence-electron chi connectivity index (χ2n) is 6.99. The SMILES string of the molecule is Cc1ccccc1[C@@]1(O)CCN(C(=O)c2cc(-c3cccn3C)n[nH]2)C1. The molecule has 1 saturated heterocycles. The summed E-state index contributed by atoms with van der Waals surface area (Å²) < 4.78 is 1.96. The number of benzene rings is 1. The van der Waals surface area contributed by atoms with Crippen molar-refractivity contribution in [1.29, 1.82) is 0 Å². The van der Waals surface area contributed by atoms with Gasteiger partial charge in [-0.05, 0) is 42.7 Å². The maximum absolute atomic E-state index is 12.9. The van der Waals surface area contributed by atoms with Crippen LogP contribution in [0.3, 0.4) is 0 Å². The highest BCUT2D eigenvalue weighted by atomic mass is 16.3. The van der Waals surface area contributed by atoms with Crippen molar-refractivity contribution >= 4 is 5.91 Å². The minimum Gasteiger partial charge on any atom is -0.383 e. The van der Waals surface area contributed by atoms with Gasteiger partial charge in [0.05, 0.1) is 12.2 Å². The molecule has 1 fully saturated rings. The van der Waals surface area contributed by atoms with Gasteiger partial charge in [-0.3, -0.25) is 9.89 Å². The molecule has 3 aromatic rings. The summed E-state index contributed by atoms with van der Waals surface area (Å²) >= 11 is 0. The molecule has 0 saturated carbocycles. The first-order valence-electron chi connectivity index (χ1n) is 8.73. The van der Waals surface area contributed by atoms with Gasteiger partial charge in [-0.2, -0.15) is 5.10 Å². The number of nitrogens with zero attached hydrogens (tertiary/aromatic N) is 3. The van der Waals surface area contributed by atoms with Gasteiger partial charge in [-0.1, -0.05) is 24.3 Å². The van der Waals surface area contributed by atoms with E-state index in [9.17, 15) is 9.90 Å². The van der Waals surface area contributed by atoms with Crippen molar-refractivity contribution in [3.63, 3.8) is 0 Å². The van der Waals surface area contributed by atoms with Gasteiger partial charge in [0, 0.05) is 19.8 Å². The molecule has 0 radical (unpaired) electrons. The molecule has 2 N–H and O–H groups in total. The standard InChI is InChI=1S/C20H22N4O2/c1-14-6-3-4-7-15(14)20(26)9-11-24(13-20)19(25)17-12-16(21-22-17)18-8-5-10-23(18)2/h3-8,10,12,26H,9,11,13H2,1-2H3,(H,21,22)/t20-/m1/s1. The molecule has 1 amide bonds. The van der Waals surface area contributed by atoms with Crippen LogP contribution in [0.4, 0.5) is 0 Å². The van der Waals surface area contributed by atoms with Crippen LogP contribution in [0.15, 0.2) is 48.7 Å². The number of carbonyl (C=O) groups is 1. The molecule has 6 nitrogen and oxygen atoms in total. The molecular weight excluding hydrogens is 328 g/mol. The van der Waals surface area contributed by atoms with E-state index in [1.807, 2.05) is 61.1 Å². The largest absolute Gasteiger partial charge is 0.383 e. The molecule has 0 unspecified atom stereocenters. The average molecular weight is 350 g/mol. The van der Waals surface area contributed by atoms with E-state index in [2.05, 4.69) is 10.2 Å². The number of carbonyl (C=O) groups excluding carboxylic acids is 1. The van der Waals surface area contributed by atoms with Crippen LogP contribution in [0, 0.1) is 6.92 Å². The maximum atomic E-state index is 12.9. The van der Waals surface area contributed by atoms with E-state index in [4.69, 9.17) is 0 Å². The zero-order valence-electron chi connectivity index (χ0n) is 14.9. The Morgan fingerprint density at radius 3 is 2.81 bits per heavy atom. The van der Waals surface area contributed by atoms with Gasteiger partial charge in [-0.25, -0.2) is 0 Å². The van der Waals surface area contributed by atoms with Crippen molar-refractivity contribution in [3.8, 4) is 11.4 Å². The first-order chi connectivity index (χ1) is 12.5. The highest BCUT2D eigenvalue weighted by Crippen LogP contribution is 2.34. The van der Waals surface area contributed by atoms with Crippen LogP contribution in [0.25, 0.3) is 11.4 Å². The fourth-order valence-corrected chi connectivity index (χ4v) is 3.74. The Bertz CT molecular complexity index is 958. The van der Waals surface area contributed by atoms with E-state index in [-0.39, 0.29) is 12.5 Å². The number of rotatable bonds is 3. The number of amides is 1. The predicted octanol–water partition coefficient (Wildman–Crippen LogP) is 2.46. The lowest BCUT2D eigenvalue weighted by molar-refractivity contribution is 0.0410. The number of likely N-dealkylation sites (tertiary alicyclic amines) is 1. The van der Waals surface area contributed by atoms with Gasteiger partial charge >= 0.3 is 0 Å². The number of aromatic nitrogens is 3. The number of H-pyrrole nitrogens is 1. The van der Waals surface area contributed by atoms with Crippen molar-refractivity contribution < 1.29 is 9.90 Å². The molecule has 1 atom stereocenters. The summed E-state index contributed by atoms with van der Waals surface area (Å²) in [5, 5.41) is 18.2. The molecule has 0 spiro atoms. The van der Waals surface area contributed by atoms with Crippen LogP contribution >= 0.6 is 0 Å². The summed E-state index contributed by atoms with van der Waals surface area (Å²) in [6.45, 7) is 2.79. The van der Waals surface area contributed by atoms with Crippen LogP contribution in [-0.2, 0) is 12.6 Å². The zero-order valence-corrected chi connectivity index (χ0v) is 14.9. The number of β-amino-alcohol motifs (C(OH)–C–C–N with tert-alkyl or cyclic N) is 1. The summed E-state index contributed by atoms with van der Waals surface area (Å²) in [6.07, 6.45) is 2.47. The molecule has 1 aliphatic heterocycles. The fourth-order valence-electron chi connectivity index (χ4n) is 3.74. The number of aliphatic hydroxyl groups is 1. The first-order valence-corrected chi connectivity index (χ1v) is 8.73. The van der Waals surface area contributed by atoms with Crippen LogP contribution in [0.5, 0.6) is 0 Å². The smallest absolute Gasteiger partial charge is 0.271 e. The molecule has 134 valence electrons. The molecule has 3 heterocycles. The van der Waals surface area contributed by atoms with Crippen molar-refractivity contribution in [2.24, 2.45) is 7.05 Å². The highest BCUT2D eigenvalue weighted by Gasteiger charge is 2.40. The van der Waals surface area contributed by atoms with E-state index in [0.29, 0.717) is 18.7 Å². The first kappa shape index (κ1) is 16.6. The minimum absolute atomic E-state index is 0.137. The molecule has 6 heteroatoms. The molecule has 0 bridgehead atoms. The normalized spacial score (nSPS) is 19.9. The van der Waals surface area contributed by atoms with E-state index in [0.717, 1.165) is 22.5 Å². The van der Waals surface area contributed by atoms with Crippen LogP contribution < -0.4 is 0 Å². The summed E-state index contributed by atoms with van der Waals surface area (Å²) in [5.41, 5.74) is 3.05. The number of hydrogen-bond acceptors (Lipinski definition) is 3.